The van der Waals surface area contributed by atoms with Gasteiger partial charge in [0.25, 0.3) is 0 Å². The molecular weight excluding hydrogens is 226 g/mol. The number of benzene rings is 1. The Bertz CT molecular complexity index is 432. The average Bonchev–Trinajstić information content (AvgIpc) is 2.28. The van der Waals surface area contributed by atoms with E-state index >= 15 is 0 Å². The zero-order valence-corrected chi connectivity index (χ0v) is 9.45. The van der Waals surface area contributed by atoms with Gasteiger partial charge in [-0.05, 0) is 17.7 Å². The van der Waals surface area contributed by atoms with E-state index in [0.29, 0.717) is 12.0 Å². The van der Waals surface area contributed by atoms with E-state index in [-0.39, 0.29) is 11.5 Å². The normalized spacial score (nSPS) is 11.6. The molecule has 0 aromatic heterocycles. The molecular formula is C11H13NO5. The number of amides is 1. The minimum Gasteiger partial charge on any atom is -0.504 e. The van der Waals surface area contributed by atoms with Gasteiger partial charge in [0.05, 0.1) is 7.11 Å². The van der Waals surface area contributed by atoms with Crippen LogP contribution in [0.15, 0.2) is 18.2 Å². The minimum atomic E-state index is -1.18. The molecule has 1 atom stereocenters. The fourth-order valence-corrected chi connectivity index (χ4v) is 1.49. The van der Waals surface area contributed by atoms with E-state index in [1.165, 1.54) is 32.4 Å². The minimum absolute atomic E-state index is 0.171. The van der Waals surface area contributed by atoms with E-state index in [2.05, 4.69) is 0 Å². The van der Waals surface area contributed by atoms with E-state index in [1.54, 1.807) is 0 Å². The summed E-state index contributed by atoms with van der Waals surface area (Å²) >= 11 is 0. The van der Waals surface area contributed by atoms with Crippen LogP contribution in [0.25, 0.3) is 0 Å². The van der Waals surface area contributed by atoms with Crippen LogP contribution in [-0.4, -0.2) is 41.6 Å². The van der Waals surface area contributed by atoms with Crippen LogP contribution in [0, 0.1) is 0 Å². The van der Waals surface area contributed by atoms with Crippen molar-refractivity contribution in [1.29, 1.82) is 0 Å². The smallest absolute Gasteiger partial charge is 0.331 e. The molecule has 0 radical (unpaired) electrons. The molecule has 6 nitrogen and oxygen atoms in total. The lowest BCUT2D eigenvalue weighted by molar-refractivity contribution is -0.145. The van der Waals surface area contributed by atoms with Gasteiger partial charge < -0.3 is 19.8 Å². The second kappa shape index (κ2) is 5.20. The molecule has 1 unspecified atom stereocenters. The predicted molar refractivity (Wildman–Crippen MR) is 58.9 cm³/mol. The van der Waals surface area contributed by atoms with Crippen molar-refractivity contribution in [2.24, 2.45) is 0 Å². The van der Waals surface area contributed by atoms with Crippen LogP contribution in [0.3, 0.4) is 0 Å². The number of aromatic hydroxyl groups is 1. The Morgan fingerprint density at radius 1 is 1.53 bits per heavy atom. The summed E-state index contributed by atoms with van der Waals surface area (Å²) in [5.41, 5.74) is 0.297. The lowest BCUT2D eigenvalue weighted by Crippen LogP contribution is -2.29. The molecule has 0 aliphatic rings. The number of carbonyl (C=O) groups is 2. The number of hydrogen-bond donors (Lipinski definition) is 2. The largest absolute Gasteiger partial charge is 0.504 e. The zero-order valence-electron chi connectivity index (χ0n) is 9.45. The molecule has 92 valence electrons. The summed E-state index contributed by atoms with van der Waals surface area (Å²) in [6, 6.07) is 3.05. The standard InChI is InChI=1S/C11H13NO5/c1-12(6-13)10(11(15)16)7-3-4-9(17-2)8(14)5-7/h3-6,10,14H,1-2H3,(H,15,16). The van der Waals surface area contributed by atoms with Crippen molar-refractivity contribution in [3.05, 3.63) is 23.8 Å². The van der Waals surface area contributed by atoms with Crippen molar-refractivity contribution in [1.82, 2.24) is 4.90 Å². The number of phenols is 1. The van der Waals surface area contributed by atoms with Crippen LogP contribution in [0.5, 0.6) is 11.5 Å². The van der Waals surface area contributed by atoms with Gasteiger partial charge in [-0.2, -0.15) is 0 Å². The van der Waals surface area contributed by atoms with Crippen molar-refractivity contribution in [3.63, 3.8) is 0 Å². The molecule has 0 aliphatic heterocycles. The highest BCUT2D eigenvalue weighted by Crippen LogP contribution is 2.30. The van der Waals surface area contributed by atoms with E-state index in [4.69, 9.17) is 9.84 Å². The molecule has 0 saturated heterocycles. The van der Waals surface area contributed by atoms with E-state index in [0.717, 1.165) is 4.90 Å². The Balaban J connectivity index is 3.15. The first-order valence-corrected chi connectivity index (χ1v) is 4.78. The SMILES string of the molecule is COc1ccc(C(C(=O)O)N(C)C=O)cc1O. The molecule has 1 aromatic rings. The fourth-order valence-electron chi connectivity index (χ4n) is 1.49. The number of phenolic OH excluding ortho intramolecular Hbond substituents is 1. The summed E-state index contributed by atoms with van der Waals surface area (Å²) in [5.74, 6) is -1.11. The number of carboxylic acid groups (broad SMARTS) is 1. The lowest BCUT2D eigenvalue weighted by atomic mass is 10.1. The fraction of sp³-hybridized carbons (Fsp3) is 0.273. The van der Waals surface area contributed by atoms with E-state index < -0.39 is 12.0 Å². The van der Waals surface area contributed by atoms with Gasteiger partial charge in [-0.15, -0.1) is 0 Å². The number of nitrogens with zero attached hydrogens (tertiary/aromatic N) is 1. The van der Waals surface area contributed by atoms with Crippen molar-refractivity contribution < 1.29 is 24.5 Å². The van der Waals surface area contributed by atoms with Crippen molar-refractivity contribution in [2.45, 2.75) is 6.04 Å². The van der Waals surface area contributed by atoms with Crippen LogP contribution in [0.4, 0.5) is 0 Å². The first-order valence-electron chi connectivity index (χ1n) is 4.78. The molecule has 2 N–H and O–H groups in total. The molecule has 0 bridgehead atoms. The van der Waals surface area contributed by atoms with Gasteiger partial charge in [-0.25, -0.2) is 4.79 Å². The number of hydrogen-bond acceptors (Lipinski definition) is 4. The van der Waals surface area contributed by atoms with Gasteiger partial charge >= 0.3 is 5.97 Å². The third-order valence-corrected chi connectivity index (χ3v) is 2.33. The molecule has 0 spiro atoms. The predicted octanol–water partition coefficient (Wildman–Crippen LogP) is 0.615. The molecule has 1 aromatic carbocycles. The van der Waals surface area contributed by atoms with E-state index in [1.807, 2.05) is 0 Å². The highest BCUT2D eigenvalue weighted by atomic mass is 16.5. The maximum atomic E-state index is 11.1. The maximum absolute atomic E-state index is 11.1. The van der Waals surface area contributed by atoms with Crippen LogP contribution in [0.2, 0.25) is 0 Å². The summed E-state index contributed by atoms with van der Waals surface area (Å²) in [6.45, 7) is 0. The summed E-state index contributed by atoms with van der Waals surface area (Å²) < 4.78 is 4.85. The third-order valence-electron chi connectivity index (χ3n) is 2.33. The van der Waals surface area contributed by atoms with Gasteiger partial charge in [0.1, 0.15) is 0 Å². The first kappa shape index (κ1) is 12.8. The number of rotatable bonds is 5. The van der Waals surface area contributed by atoms with Crippen LogP contribution in [0.1, 0.15) is 11.6 Å². The number of methoxy groups -OCH3 is 1. The number of ether oxygens (including phenoxy) is 1. The van der Waals surface area contributed by atoms with Crippen LogP contribution < -0.4 is 4.74 Å². The lowest BCUT2D eigenvalue weighted by Gasteiger charge is -2.21. The molecule has 17 heavy (non-hydrogen) atoms. The van der Waals surface area contributed by atoms with Gasteiger partial charge in [0.15, 0.2) is 17.5 Å². The van der Waals surface area contributed by atoms with Gasteiger partial charge in [-0.3, -0.25) is 4.79 Å². The quantitative estimate of drug-likeness (QED) is 0.735. The molecule has 1 rings (SSSR count). The third kappa shape index (κ3) is 2.66. The molecule has 0 aliphatic carbocycles. The van der Waals surface area contributed by atoms with Gasteiger partial charge in [-0.1, -0.05) is 6.07 Å². The number of aliphatic carboxylic acids is 1. The second-order valence-corrected chi connectivity index (χ2v) is 3.44. The highest BCUT2D eigenvalue weighted by Gasteiger charge is 2.24. The Hall–Kier alpha value is -2.24. The van der Waals surface area contributed by atoms with Crippen molar-refractivity contribution in [2.75, 3.05) is 14.2 Å². The molecule has 1 amide bonds. The second-order valence-electron chi connectivity index (χ2n) is 3.44. The molecule has 0 heterocycles. The van der Waals surface area contributed by atoms with Gasteiger partial charge in [0, 0.05) is 7.05 Å². The van der Waals surface area contributed by atoms with Gasteiger partial charge in [0.2, 0.25) is 6.41 Å². The zero-order chi connectivity index (χ0) is 13.0. The summed E-state index contributed by atoms with van der Waals surface area (Å²) in [5, 5.41) is 18.6. The van der Waals surface area contributed by atoms with E-state index in [9.17, 15) is 14.7 Å². The monoisotopic (exact) mass is 239 g/mol. The number of carbonyl (C=O) groups excluding carboxylic acids is 1. The first-order chi connectivity index (χ1) is 8.01. The van der Waals surface area contributed by atoms with Crippen LogP contribution in [-0.2, 0) is 9.59 Å². The summed E-state index contributed by atoms with van der Waals surface area (Å²) in [7, 11) is 2.74. The van der Waals surface area contributed by atoms with Crippen molar-refractivity contribution in [3.8, 4) is 11.5 Å². The maximum Gasteiger partial charge on any atom is 0.331 e. The Labute approximate surface area is 98.0 Å². The molecule has 0 fully saturated rings. The molecule has 0 saturated carbocycles. The van der Waals surface area contributed by atoms with Crippen molar-refractivity contribution >= 4 is 12.4 Å². The molecule has 6 heteroatoms. The summed E-state index contributed by atoms with van der Waals surface area (Å²) in [6.07, 6.45) is 0.417. The average molecular weight is 239 g/mol. The van der Waals surface area contributed by atoms with Crippen LogP contribution >= 0.6 is 0 Å². The summed E-state index contributed by atoms with van der Waals surface area (Å²) in [4.78, 5) is 22.7. The highest BCUT2D eigenvalue weighted by molar-refractivity contribution is 5.78. The Kier molecular flexibility index (Phi) is 3.92. The topological polar surface area (TPSA) is 87.1 Å². The number of carboxylic acids is 1. The Morgan fingerprint density at radius 3 is 2.59 bits per heavy atom. The Morgan fingerprint density at radius 2 is 2.18 bits per heavy atom. The number of likely N-dealkylation sites (N-methyl/N-ethyl adjacent to an activating group) is 1.